The summed E-state index contributed by atoms with van der Waals surface area (Å²) in [5.41, 5.74) is 0.792. The maximum Gasteiger partial charge on any atom is 0.331 e. The van der Waals surface area contributed by atoms with E-state index >= 15 is 0 Å². The topological polar surface area (TPSA) is 75.4 Å². The van der Waals surface area contributed by atoms with Crippen LogP contribution in [0.5, 0.6) is 0 Å². The van der Waals surface area contributed by atoms with Crippen LogP contribution in [0.1, 0.15) is 20.3 Å². The summed E-state index contributed by atoms with van der Waals surface area (Å²) in [6.07, 6.45) is 3.53. The highest BCUT2D eigenvalue weighted by molar-refractivity contribution is 5.86. The Hall–Kier alpha value is -2.11. The van der Waals surface area contributed by atoms with Crippen molar-refractivity contribution in [3.63, 3.8) is 0 Å². The molecule has 0 saturated carbocycles. The van der Waals surface area contributed by atoms with Crippen molar-refractivity contribution in [1.82, 2.24) is 9.78 Å². The molecule has 0 aliphatic carbocycles. The molecule has 19 heavy (non-hydrogen) atoms. The summed E-state index contributed by atoms with van der Waals surface area (Å²) in [5.74, 6) is -0.960. The fraction of sp³-hybridized carbons (Fsp3) is 0.462. The first kappa shape index (κ1) is 14.9. The molecule has 1 heterocycles. The third-order valence-corrected chi connectivity index (χ3v) is 2.94. The van der Waals surface area contributed by atoms with Crippen LogP contribution in [-0.4, -0.2) is 34.4 Å². The minimum absolute atomic E-state index is 0.171. The zero-order valence-electron chi connectivity index (χ0n) is 11.5. The number of carboxylic acid groups (broad SMARTS) is 1. The third kappa shape index (κ3) is 3.94. The van der Waals surface area contributed by atoms with E-state index in [-0.39, 0.29) is 17.7 Å². The van der Waals surface area contributed by atoms with Crippen LogP contribution in [0.25, 0.3) is 0 Å². The molecule has 0 bridgehead atoms. The maximum absolute atomic E-state index is 11.8. The average molecular weight is 265 g/mol. The predicted octanol–water partition coefficient (Wildman–Crippen LogP) is 1.12. The summed E-state index contributed by atoms with van der Waals surface area (Å²) in [6.45, 7) is 4.69. The molecular formula is C13H19N3O3. The normalized spacial score (nSPS) is 11.4. The summed E-state index contributed by atoms with van der Waals surface area (Å²) in [6, 6.07) is 1.50. The molecule has 0 radical (unpaired) electrons. The van der Waals surface area contributed by atoms with Crippen LogP contribution in [0.2, 0.25) is 0 Å². The lowest BCUT2D eigenvalue weighted by atomic mass is 10.2. The van der Waals surface area contributed by atoms with Crippen molar-refractivity contribution in [2.45, 2.75) is 26.8 Å². The molecule has 0 aliphatic rings. The predicted molar refractivity (Wildman–Crippen MR) is 73.5 cm³/mol. The Labute approximate surface area is 112 Å². The Morgan fingerprint density at radius 3 is 2.68 bits per heavy atom. The molecule has 1 aromatic heterocycles. The van der Waals surface area contributed by atoms with Crippen molar-refractivity contribution in [1.29, 1.82) is 0 Å². The van der Waals surface area contributed by atoms with Crippen LogP contribution in [0.3, 0.4) is 0 Å². The van der Waals surface area contributed by atoms with Crippen LogP contribution >= 0.6 is 0 Å². The molecule has 1 N–H and O–H groups in total. The number of carbonyl (C=O) groups is 1. The molecule has 0 saturated heterocycles. The monoisotopic (exact) mass is 265 g/mol. The lowest BCUT2D eigenvalue weighted by Crippen LogP contribution is -2.25. The lowest BCUT2D eigenvalue weighted by Gasteiger charge is -2.16. The van der Waals surface area contributed by atoms with Crippen LogP contribution < -0.4 is 10.5 Å². The molecule has 6 heteroatoms. The van der Waals surface area contributed by atoms with E-state index in [0.717, 1.165) is 12.2 Å². The fourth-order valence-electron chi connectivity index (χ4n) is 1.53. The molecule has 1 aromatic rings. The van der Waals surface area contributed by atoms with E-state index in [2.05, 4.69) is 5.10 Å². The second kappa shape index (κ2) is 6.72. The summed E-state index contributed by atoms with van der Waals surface area (Å²) in [5, 5.41) is 12.9. The molecule has 0 fully saturated rings. The van der Waals surface area contributed by atoms with Gasteiger partial charge in [-0.25, -0.2) is 9.48 Å². The van der Waals surface area contributed by atoms with Crippen molar-refractivity contribution in [3.05, 3.63) is 34.3 Å². The van der Waals surface area contributed by atoms with Gasteiger partial charge in [0.1, 0.15) is 0 Å². The number of hydrogen-bond acceptors (Lipinski definition) is 4. The molecule has 0 aromatic carbocycles. The van der Waals surface area contributed by atoms with Gasteiger partial charge in [0.25, 0.3) is 5.56 Å². The second-order valence-electron chi connectivity index (χ2n) is 4.14. The van der Waals surface area contributed by atoms with E-state index in [0.29, 0.717) is 6.42 Å². The van der Waals surface area contributed by atoms with E-state index < -0.39 is 5.97 Å². The van der Waals surface area contributed by atoms with Crippen molar-refractivity contribution < 1.29 is 9.90 Å². The Morgan fingerprint density at radius 1 is 1.53 bits per heavy atom. The molecule has 0 aliphatic heterocycles. The third-order valence-electron chi connectivity index (χ3n) is 2.94. The van der Waals surface area contributed by atoms with Crippen molar-refractivity contribution >= 4 is 11.7 Å². The number of rotatable bonds is 6. The largest absolute Gasteiger partial charge is 0.478 e. The number of anilines is 1. The molecule has 1 rings (SSSR count). The summed E-state index contributed by atoms with van der Waals surface area (Å²) < 4.78 is 1.24. The summed E-state index contributed by atoms with van der Waals surface area (Å²) >= 11 is 0. The zero-order valence-corrected chi connectivity index (χ0v) is 11.5. The number of aromatic nitrogens is 2. The van der Waals surface area contributed by atoms with Crippen LogP contribution in [0.4, 0.5) is 5.69 Å². The second-order valence-corrected chi connectivity index (χ2v) is 4.14. The summed E-state index contributed by atoms with van der Waals surface area (Å²) in [4.78, 5) is 24.6. The first-order valence-electron chi connectivity index (χ1n) is 6.20. The average Bonchev–Trinajstić information content (AvgIpc) is 2.39. The van der Waals surface area contributed by atoms with Crippen LogP contribution in [0.15, 0.2) is 28.7 Å². The maximum atomic E-state index is 11.8. The van der Waals surface area contributed by atoms with Gasteiger partial charge in [0.2, 0.25) is 0 Å². The van der Waals surface area contributed by atoms with E-state index in [1.807, 2.05) is 18.9 Å². The van der Waals surface area contributed by atoms with Crippen LogP contribution in [0, 0.1) is 0 Å². The number of aliphatic carboxylic acids is 1. The highest BCUT2D eigenvalue weighted by Gasteiger charge is 2.05. The smallest absolute Gasteiger partial charge is 0.331 e. The van der Waals surface area contributed by atoms with E-state index in [4.69, 9.17) is 5.11 Å². The fourth-order valence-corrected chi connectivity index (χ4v) is 1.53. The van der Waals surface area contributed by atoms with Gasteiger partial charge in [-0.3, -0.25) is 4.79 Å². The quantitative estimate of drug-likeness (QED) is 0.780. The van der Waals surface area contributed by atoms with E-state index in [1.54, 1.807) is 13.1 Å². The summed E-state index contributed by atoms with van der Waals surface area (Å²) in [7, 11) is 1.88. The van der Waals surface area contributed by atoms with Crippen LogP contribution in [-0.2, 0) is 11.3 Å². The van der Waals surface area contributed by atoms with Gasteiger partial charge in [0.05, 0.1) is 18.4 Å². The first-order valence-corrected chi connectivity index (χ1v) is 6.20. The van der Waals surface area contributed by atoms with Gasteiger partial charge in [-0.1, -0.05) is 13.0 Å². The zero-order chi connectivity index (χ0) is 14.4. The van der Waals surface area contributed by atoms with Gasteiger partial charge < -0.3 is 10.0 Å². The van der Waals surface area contributed by atoms with Gasteiger partial charge in [-0.15, -0.1) is 0 Å². The number of allylic oxidation sites excluding steroid dienone is 1. The molecule has 6 nitrogen and oxygen atoms in total. The van der Waals surface area contributed by atoms with Gasteiger partial charge in [-0.2, -0.15) is 5.10 Å². The van der Waals surface area contributed by atoms with Gasteiger partial charge in [0.15, 0.2) is 0 Å². The van der Waals surface area contributed by atoms with Crippen molar-refractivity contribution in [2.24, 2.45) is 0 Å². The molecule has 0 unspecified atom stereocenters. The molecule has 0 spiro atoms. The molecule has 0 amide bonds. The van der Waals surface area contributed by atoms with Crippen molar-refractivity contribution in [2.75, 3.05) is 18.5 Å². The Bertz CT molecular complexity index is 534. The Morgan fingerprint density at radius 2 is 2.21 bits per heavy atom. The molecule has 104 valence electrons. The Balaban J connectivity index is 2.92. The number of hydrogen-bond donors (Lipinski definition) is 1. The van der Waals surface area contributed by atoms with Crippen molar-refractivity contribution in [3.8, 4) is 0 Å². The molecular weight excluding hydrogens is 246 g/mol. The van der Waals surface area contributed by atoms with E-state index in [9.17, 15) is 9.59 Å². The van der Waals surface area contributed by atoms with E-state index in [1.165, 1.54) is 16.8 Å². The highest BCUT2D eigenvalue weighted by Crippen LogP contribution is 2.06. The minimum atomic E-state index is -0.960. The standard InChI is InChI=1S/C13H19N3O3/c1-4-10(13(18)19)6-7-16-12(17)8-11(9-14-16)15(3)5-2/h6,8-9H,4-5,7H2,1-3H3,(H,18,19)/b10-6-. The minimum Gasteiger partial charge on any atom is -0.478 e. The van der Waals surface area contributed by atoms with Gasteiger partial charge in [-0.05, 0) is 13.3 Å². The SMILES string of the molecule is CC/C(=C/Cn1ncc(N(C)CC)cc1=O)C(=O)O. The highest BCUT2D eigenvalue weighted by atomic mass is 16.4. The number of nitrogens with zero attached hydrogens (tertiary/aromatic N) is 3. The number of carboxylic acids is 1. The Kier molecular flexibility index (Phi) is 5.29. The first-order chi connectivity index (χ1) is 8.99. The lowest BCUT2D eigenvalue weighted by molar-refractivity contribution is -0.132. The van der Waals surface area contributed by atoms with Gasteiger partial charge in [0, 0.05) is 25.2 Å². The molecule has 0 atom stereocenters. The van der Waals surface area contributed by atoms with Gasteiger partial charge >= 0.3 is 5.97 Å².